The first-order valence-electron chi connectivity index (χ1n) is 5.93. The van der Waals surface area contributed by atoms with Gasteiger partial charge in [-0.05, 0) is 6.92 Å². The van der Waals surface area contributed by atoms with Crippen LogP contribution in [-0.2, 0) is 11.8 Å². The van der Waals surface area contributed by atoms with E-state index in [1.807, 2.05) is 6.20 Å². The first kappa shape index (κ1) is 14.2. The summed E-state index contributed by atoms with van der Waals surface area (Å²) in [7, 11) is 1.80. The predicted octanol–water partition coefficient (Wildman–Crippen LogP) is 1.14. The molecule has 0 bridgehead atoms. The van der Waals surface area contributed by atoms with Gasteiger partial charge in [-0.1, -0.05) is 0 Å². The van der Waals surface area contributed by atoms with Gasteiger partial charge in [0.25, 0.3) is 5.91 Å². The number of carbonyl (C=O) groups is 2. The highest BCUT2D eigenvalue weighted by Crippen LogP contribution is 2.22. The number of nitrogens with one attached hydrogen (secondary N) is 1. The molecule has 0 saturated carbocycles. The molecular formula is C12H14N4O3S. The van der Waals surface area contributed by atoms with E-state index >= 15 is 0 Å². The molecule has 0 aromatic carbocycles. The van der Waals surface area contributed by atoms with Crippen molar-refractivity contribution >= 4 is 23.2 Å². The maximum Gasteiger partial charge on any atom is 0.305 e. The lowest BCUT2D eigenvalue weighted by molar-refractivity contribution is -0.137. The fourth-order valence-electron chi connectivity index (χ4n) is 1.65. The highest BCUT2D eigenvalue weighted by Gasteiger charge is 2.16. The van der Waals surface area contributed by atoms with E-state index < -0.39 is 12.0 Å². The first-order valence-corrected chi connectivity index (χ1v) is 6.81. The summed E-state index contributed by atoms with van der Waals surface area (Å²) in [6, 6.07) is -0.441. The number of carboxylic acids is 1. The van der Waals surface area contributed by atoms with Gasteiger partial charge in [-0.3, -0.25) is 14.3 Å². The molecule has 20 heavy (non-hydrogen) atoms. The minimum atomic E-state index is -0.952. The number of carbonyl (C=O) groups excluding carboxylic acids is 1. The number of thiazole rings is 1. The number of aliphatic carboxylic acids is 1. The average molecular weight is 294 g/mol. The molecule has 1 atom stereocenters. The van der Waals surface area contributed by atoms with Crippen molar-refractivity contribution in [1.29, 1.82) is 0 Å². The first-order chi connectivity index (χ1) is 9.45. The Morgan fingerprint density at radius 2 is 2.30 bits per heavy atom. The molecule has 0 aliphatic rings. The highest BCUT2D eigenvalue weighted by atomic mass is 32.1. The number of amides is 1. The van der Waals surface area contributed by atoms with Crippen LogP contribution in [-0.4, -0.2) is 37.8 Å². The molecule has 2 N–H and O–H groups in total. The van der Waals surface area contributed by atoms with Crippen molar-refractivity contribution < 1.29 is 14.7 Å². The van der Waals surface area contributed by atoms with E-state index in [0.717, 1.165) is 5.56 Å². The Morgan fingerprint density at radius 3 is 2.90 bits per heavy atom. The molecule has 2 heterocycles. The third-order valence-corrected chi connectivity index (χ3v) is 3.44. The van der Waals surface area contributed by atoms with Crippen LogP contribution in [0.3, 0.4) is 0 Å². The van der Waals surface area contributed by atoms with E-state index in [9.17, 15) is 9.59 Å². The van der Waals surface area contributed by atoms with Gasteiger partial charge < -0.3 is 10.4 Å². The van der Waals surface area contributed by atoms with Crippen LogP contribution in [0.15, 0.2) is 17.8 Å². The van der Waals surface area contributed by atoms with Gasteiger partial charge in [-0.15, -0.1) is 11.3 Å². The van der Waals surface area contributed by atoms with E-state index in [4.69, 9.17) is 5.11 Å². The van der Waals surface area contributed by atoms with Gasteiger partial charge in [0.05, 0.1) is 12.6 Å². The molecule has 0 saturated heterocycles. The van der Waals surface area contributed by atoms with Crippen molar-refractivity contribution in [1.82, 2.24) is 20.1 Å². The van der Waals surface area contributed by atoms with Crippen molar-refractivity contribution in [2.24, 2.45) is 7.05 Å². The van der Waals surface area contributed by atoms with Crippen molar-refractivity contribution in [3.8, 4) is 10.6 Å². The Bertz CT molecular complexity index is 634. The monoisotopic (exact) mass is 294 g/mol. The summed E-state index contributed by atoms with van der Waals surface area (Å²) < 4.78 is 1.66. The molecule has 1 unspecified atom stereocenters. The van der Waals surface area contributed by atoms with E-state index in [1.165, 1.54) is 11.3 Å². The van der Waals surface area contributed by atoms with Gasteiger partial charge in [0, 0.05) is 30.2 Å². The number of hydrogen-bond acceptors (Lipinski definition) is 5. The zero-order chi connectivity index (χ0) is 14.7. The second kappa shape index (κ2) is 5.83. The van der Waals surface area contributed by atoms with Gasteiger partial charge in [0.2, 0.25) is 0 Å². The summed E-state index contributed by atoms with van der Waals surface area (Å²) >= 11 is 1.34. The summed E-state index contributed by atoms with van der Waals surface area (Å²) in [5.74, 6) is -1.32. The SMILES string of the molecule is CC(CC(=O)O)NC(=O)c1csc(-c2cnn(C)c2)n1. The molecule has 2 aromatic heterocycles. The Kier molecular flexibility index (Phi) is 4.14. The van der Waals surface area contributed by atoms with Crippen molar-refractivity contribution in [3.63, 3.8) is 0 Å². The lowest BCUT2D eigenvalue weighted by Gasteiger charge is -2.09. The molecule has 0 fully saturated rings. The van der Waals surface area contributed by atoms with Crippen molar-refractivity contribution in [2.75, 3.05) is 0 Å². The number of nitrogens with zero attached hydrogens (tertiary/aromatic N) is 3. The highest BCUT2D eigenvalue weighted by molar-refractivity contribution is 7.13. The third kappa shape index (κ3) is 3.41. The molecule has 0 aliphatic heterocycles. The van der Waals surface area contributed by atoms with Crippen LogP contribution in [0.4, 0.5) is 0 Å². The van der Waals surface area contributed by atoms with E-state index in [-0.39, 0.29) is 18.0 Å². The number of carboxylic acid groups (broad SMARTS) is 1. The Labute approximate surface area is 119 Å². The molecule has 0 spiro atoms. The summed E-state index contributed by atoms with van der Waals surface area (Å²) in [5, 5.41) is 17.6. The molecule has 2 rings (SSSR count). The minimum absolute atomic E-state index is 0.120. The fourth-order valence-corrected chi connectivity index (χ4v) is 2.43. The average Bonchev–Trinajstić information content (AvgIpc) is 2.95. The topological polar surface area (TPSA) is 97.1 Å². The minimum Gasteiger partial charge on any atom is -0.481 e. The smallest absolute Gasteiger partial charge is 0.305 e. The quantitative estimate of drug-likeness (QED) is 0.861. The van der Waals surface area contributed by atoms with E-state index in [0.29, 0.717) is 5.01 Å². The van der Waals surface area contributed by atoms with E-state index in [2.05, 4.69) is 15.4 Å². The lowest BCUT2D eigenvalue weighted by Crippen LogP contribution is -2.34. The number of hydrogen-bond donors (Lipinski definition) is 2. The van der Waals surface area contributed by atoms with Gasteiger partial charge >= 0.3 is 5.97 Å². The van der Waals surface area contributed by atoms with Gasteiger partial charge in [-0.2, -0.15) is 5.10 Å². The zero-order valence-corrected chi connectivity index (χ0v) is 11.8. The van der Waals surface area contributed by atoms with Crippen LogP contribution in [0.1, 0.15) is 23.8 Å². The maximum atomic E-state index is 11.9. The largest absolute Gasteiger partial charge is 0.481 e. The normalized spacial score (nSPS) is 12.1. The second-order valence-electron chi connectivity index (χ2n) is 4.41. The second-order valence-corrected chi connectivity index (χ2v) is 5.27. The van der Waals surface area contributed by atoms with Gasteiger partial charge in [0.15, 0.2) is 0 Å². The molecule has 2 aromatic rings. The summed E-state index contributed by atoms with van der Waals surface area (Å²) in [4.78, 5) is 26.7. The summed E-state index contributed by atoms with van der Waals surface area (Å²) in [6.07, 6.45) is 3.37. The zero-order valence-electron chi connectivity index (χ0n) is 11.0. The summed E-state index contributed by atoms with van der Waals surface area (Å²) in [5.41, 5.74) is 1.13. The van der Waals surface area contributed by atoms with Crippen LogP contribution >= 0.6 is 11.3 Å². The van der Waals surface area contributed by atoms with Crippen LogP contribution < -0.4 is 5.32 Å². The van der Waals surface area contributed by atoms with Crippen LogP contribution in [0.5, 0.6) is 0 Å². The molecule has 1 amide bonds. The predicted molar refractivity (Wildman–Crippen MR) is 73.5 cm³/mol. The van der Waals surface area contributed by atoms with Gasteiger partial charge in [-0.25, -0.2) is 4.98 Å². The number of aromatic nitrogens is 3. The Morgan fingerprint density at radius 1 is 1.55 bits per heavy atom. The van der Waals surface area contributed by atoms with E-state index in [1.54, 1.807) is 30.2 Å². The molecule has 0 radical (unpaired) electrons. The fraction of sp³-hybridized carbons (Fsp3) is 0.333. The lowest BCUT2D eigenvalue weighted by atomic mass is 10.2. The van der Waals surface area contributed by atoms with Crippen molar-refractivity contribution in [3.05, 3.63) is 23.5 Å². The van der Waals surface area contributed by atoms with Gasteiger partial charge in [0.1, 0.15) is 10.7 Å². The Balaban J connectivity index is 2.05. The number of aryl methyl sites for hydroxylation is 1. The standard InChI is InChI=1S/C12H14N4O3S/c1-7(3-10(17)18)14-11(19)9-6-20-12(15-9)8-4-13-16(2)5-8/h4-7H,3H2,1-2H3,(H,14,19)(H,17,18). The van der Waals surface area contributed by atoms with Crippen LogP contribution in [0, 0.1) is 0 Å². The van der Waals surface area contributed by atoms with Crippen molar-refractivity contribution in [2.45, 2.75) is 19.4 Å². The Hall–Kier alpha value is -2.22. The molecular weight excluding hydrogens is 280 g/mol. The molecule has 8 heteroatoms. The maximum absolute atomic E-state index is 11.9. The molecule has 0 aliphatic carbocycles. The van der Waals surface area contributed by atoms with Crippen LogP contribution in [0.25, 0.3) is 10.6 Å². The summed E-state index contributed by atoms with van der Waals surface area (Å²) in [6.45, 7) is 1.64. The molecule has 106 valence electrons. The molecule has 7 nitrogen and oxygen atoms in total. The third-order valence-electron chi connectivity index (χ3n) is 2.55. The van der Waals surface area contributed by atoms with Crippen LogP contribution in [0.2, 0.25) is 0 Å². The number of rotatable bonds is 5.